The van der Waals surface area contributed by atoms with Gasteiger partial charge in [-0.05, 0) is 83.5 Å². The zero-order valence-corrected chi connectivity index (χ0v) is 41.4. The van der Waals surface area contributed by atoms with E-state index in [2.05, 4.69) is 79.9 Å². The maximum Gasteiger partial charge on any atom is 0.220 e. The molecule has 0 aliphatic heterocycles. The number of nitrogens with one attached hydrogen (secondary N) is 1. The van der Waals surface area contributed by atoms with Crippen LogP contribution < -0.4 is 5.32 Å². The molecular formula is C58H105NO3. The molecule has 0 saturated heterocycles. The van der Waals surface area contributed by atoms with Gasteiger partial charge in [0.25, 0.3) is 0 Å². The Morgan fingerprint density at radius 2 is 0.677 bits per heavy atom. The van der Waals surface area contributed by atoms with E-state index in [1.165, 1.54) is 186 Å². The highest BCUT2D eigenvalue weighted by Crippen LogP contribution is 2.16. The van der Waals surface area contributed by atoms with Crippen molar-refractivity contribution in [3.05, 3.63) is 72.9 Å². The number of hydrogen-bond donors (Lipinski definition) is 3. The smallest absolute Gasteiger partial charge is 0.220 e. The Balaban J connectivity index is 3.61. The van der Waals surface area contributed by atoms with E-state index >= 15 is 0 Å². The van der Waals surface area contributed by atoms with E-state index in [4.69, 9.17) is 0 Å². The van der Waals surface area contributed by atoms with Crippen LogP contribution in [0.5, 0.6) is 0 Å². The number of amides is 1. The minimum absolute atomic E-state index is 0.0907. The van der Waals surface area contributed by atoms with Crippen molar-refractivity contribution in [3.63, 3.8) is 0 Å². The van der Waals surface area contributed by atoms with Gasteiger partial charge in [0.2, 0.25) is 5.91 Å². The van der Waals surface area contributed by atoms with Crippen molar-refractivity contribution in [2.75, 3.05) is 6.61 Å². The van der Waals surface area contributed by atoms with Crippen LogP contribution in [0.1, 0.15) is 271 Å². The van der Waals surface area contributed by atoms with E-state index in [1.807, 2.05) is 6.08 Å². The van der Waals surface area contributed by atoms with Gasteiger partial charge in [0.05, 0.1) is 18.8 Å². The molecular weight excluding hydrogens is 759 g/mol. The number of aliphatic hydroxyl groups excluding tert-OH is 2. The van der Waals surface area contributed by atoms with Gasteiger partial charge >= 0.3 is 0 Å². The number of unbranched alkanes of at least 4 members (excludes halogenated alkanes) is 32. The topological polar surface area (TPSA) is 69.6 Å². The van der Waals surface area contributed by atoms with Gasteiger partial charge in [0, 0.05) is 6.42 Å². The third kappa shape index (κ3) is 48.9. The fourth-order valence-corrected chi connectivity index (χ4v) is 7.98. The Morgan fingerprint density at radius 1 is 0.387 bits per heavy atom. The van der Waals surface area contributed by atoms with Gasteiger partial charge in [-0.1, -0.05) is 254 Å². The lowest BCUT2D eigenvalue weighted by Gasteiger charge is -2.19. The van der Waals surface area contributed by atoms with Crippen molar-refractivity contribution in [2.45, 2.75) is 283 Å². The van der Waals surface area contributed by atoms with Crippen molar-refractivity contribution in [1.29, 1.82) is 0 Å². The quantitative estimate of drug-likeness (QED) is 0.0421. The van der Waals surface area contributed by atoms with Gasteiger partial charge in [0.1, 0.15) is 0 Å². The highest BCUT2D eigenvalue weighted by molar-refractivity contribution is 5.76. The predicted molar refractivity (Wildman–Crippen MR) is 276 cm³/mol. The molecule has 4 nitrogen and oxygen atoms in total. The van der Waals surface area contributed by atoms with E-state index in [9.17, 15) is 15.0 Å². The summed E-state index contributed by atoms with van der Waals surface area (Å²) in [7, 11) is 0. The maximum atomic E-state index is 12.4. The van der Waals surface area contributed by atoms with Crippen LogP contribution in [0.25, 0.3) is 0 Å². The molecule has 2 unspecified atom stereocenters. The van der Waals surface area contributed by atoms with Crippen molar-refractivity contribution in [1.82, 2.24) is 5.32 Å². The molecule has 1 amide bonds. The number of carbonyl (C=O) groups excluding carboxylic acids is 1. The summed E-state index contributed by atoms with van der Waals surface area (Å²) >= 11 is 0. The third-order valence-electron chi connectivity index (χ3n) is 12.1. The molecule has 0 aromatic rings. The second-order valence-electron chi connectivity index (χ2n) is 18.3. The summed E-state index contributed by atoms with van der Waals surface area (Å²) in [6.45, 7) is 4.29. The van der Waals surface area contributed by atoms with Crippen LogP contribution >= 0.6 is 0 Å². The van der Waals surface area contributed by atoms with Crippen molar-refractivity contribution in [3.8, 4) is 0 Å². The first-order valence-electron chi connectivity index (χ1n) is 27.2. The van der Waals surface area contributed by atoms with Gasteiger partial charge in [-0.2, -0.15) is 0 Å². The van der Waals surface area contributed by atoms with E-state index in [1.54, 1.807) is 6.08 Å². The minimum atomic E-state index is -0.881. The highest BCUT2D eigenvalue weighted by atomic mass is 16.3. The molecule has 4 heteroatoms. The number of hydrogen-bond acceptors (Lipinski definition) is 3. The van der Waals surface area contributed by atoms with E-state index in [0.29, 0.717) is 6.42 Å². The molecule has 0 bridgehead atoms. The van der Waals surface area contributed by atoms with Crippen LogP contribution in [0.2, 0.25) is 0 Å². The molecule has 0 fully saturated rings. The number of allylic oxidation sites excluding steroid dienone is 11. The number of aliphatic hydroxyl groups is 2. The van der Waals surface area contributed by atoms with Crippen LogP contribution in [0, 0.1) is 0 Å². The summed E-state index contributed by atoms with van der Waals surface area (Å²) in [6, 6.07) is -0.657. The molecule has 0 rings (SSSR count). The molecule has 0 heterocycles. The summed E-state index contributed by atoms with van der Waals surface area (Å²) < 4.78 is 0. The third-order valence-corrected chi connectivity index (χ3v) is 12.1. The first-order chi connectivity index (χ1) is 30.7. The zero-order valence-electron chi connectivity index (χ0n) is 41.4. The first kappa shape index (κ1) is 59.8. The summed E-state index contributed by atoms with van der Waals surface area (Å²) in [5.41, 5.74) is 0. The minimum Gasteiger partial charge on any atom is -0.394 e. The van der Waals surface area contributed by atoms with Gasteiger partial charge in [0.15, 0.2) is 0 Å². The van der Waals surface area contributed by atoms with Crippen LogP contribution in [-0.4, -0.2) is 34.9 Å². The van der Waals surface area contributed by atoms with Crippen LogP contribution in [0.3, 0.4) is 0 Å². The average Bonchev–Trinajstić information content (AvgIpc) is 3.28. The summed E-state index contributed by atoms with van der Waals surface area (Å²) in [5, 5.41) is 23.1. The Kier molecular flexibility index (Phi) is 51.3. The summed E-state index contributed by atoms with van der Waals surface area (Å²) in [6.07, 6.45) is 76.3. The molecule has 3 N–H and O–H groups in total. The largest absolute Gasteiger partial charge is 0.394 e. The van der Waals surface area contributed by atoms with Gasteiger partial charge in [-0.25, -0.2) is 0 Å². The highest BCUT2D eigenvalue weighted by Gasteiger charge is 2.17. The Morgan fingerprint density at radius 3 is 1.05 bits per heavy atom. The molecule has 0 aromatic carbocycles. The second-order valence-corrected chi connectivity index (χ2v) is 18.3. The Bertz CT molecular complexity index is 1070. The van der Waals surface area contributed by atoms with Crippen molar-refractivity contribution >= 4 is 5.91 Å². The molecule has 2 atom stereocenters. The van der Waals surface area contributed by atoms with E-state index < -0.39 is 12.1 Å². The monoisotopic (exact) mass is 864 g/mol. The average molecular weight is 864 g/mol. The van der Waals surface area contributed by atoms with Crippen LogP contribution in [0.15, 0.2) is 72.9 Å². The van der Waals surface area contributed by atoms with Gasteiger partial charge in [-0.3, -0.25) is 4.79 Å². The van der Waals surface area contributed by atoms with Crippen molar-refractivity contribution in [2.24, 2.45) is 0 Å². The second kappa shape index (κ2) is 53.2. The van der Waals surface area contributed by atoms with E-state index in [-0.39, 0.29) is 12.5 Å². The fraction of sp³-hybridized carbons (Fsp3) is 0.776. The molecule has 0 aliphatic carbocycles. The summed E-state index contributed by atoms with van der Waals surface area (Å²) in [4.78, 5) is 12.4. The number of rotatable bonds is 49. The first-order valence-corrected chi connectivity index (χ1v) is 27.2. The summed E-state index contributed by atoms with van der Waals surface area (Å²) in [5.74, 6) is -0.0907. The molecule has 0 spiro atoms. The lowest BCUT2D eigenvalue weighted by molar-refractivity contribution is -0.123. The Labute approximate surface area is 387 Å². The SMILES string of the molecule is CCCCCCC/C=C\C/C=C\C/C=C\CCCCCCCCC(=O)NC(CO)C(O)/C=C/CC/C=C/CC/C=C/CCCCCCCCCCCCCCCCCCCCC. The van der Waals surface area contributed by atoms with Gasteiger partial charge in [-0.15, -0.1) is 0 Å². The molecule has 0 saturated carbocycles. The maximum absolute atomic E-state index is 12.4. The zero-order chi connectivity index (χ0) is 44.9. The van der Waals surface area contributed by atoms with Crippen molar-refractivity contribution < 1.29 is 15.0 Å². The lowest BCUT2D eigenvalue weighted by Crippen LogP contribution is -2.45. The normalized spacial score (nSPS) is 13.4. The van der Waals surface area contributed by atoms with Crippen LogP contribution in [0.4, 0.5) is 0 Å². The standard InChI is InChI=1S/C58H105NO3/c1-3-5-7-9-11-13-15-17-19-21-23-25-26-27-28-29-30-31-32-34-35-37-39-41-43-45-47-49-51-53-57(61)56(55-60)59-58(62)54-52-50-48-46-44-42-40-38-36-33-24-22-20-18-16-14-12-10-8-6-4-2/h16,18,22,24,35-38,43,45,51,53,56-57,60-61H,3-15,17,19-21,23,25-34,39-42,44,46-50,52,54-55H2,1-2H3,(H,59,62)/b18-16-,24-22-,37-35+,38-36-,45-43+,53-51+. The predicted octanol–water partition coefficient (Wildman–Crippen LogP) is 17.8. The molecule has 360 valence electrons. The Hall–Kier alpha value is -2.17. The fourth-order valence-electron chi connectivity index (χ4n) is 7.98. The lowest BCUT2D eigenvalue weighted by atomic mass is 10.0. The molecule has 62 heavy (non-hydrogen) atoms. The molecule has 0 aromatic heterocycles. The van der Waals surface area contributed by atoms with E-state index in [0.717, 1.165) is 64.2 Å². The van der Waals surface area contributed by atoms with Crippen LogP contribution in [-0.2, 0) is 4.79 Å². The number of carbonyl (C=O) groups is 1. The molecule has 0 aliphatic rings. The molecule has 0 radical (unpaired) electrons. The van der Waals surface area contributed by atoms with Gasteiger partial charge < -0.3 is 15.5 Å².